The van der Waals surface area contributed by atoms with Crippen molar-refractivity contribution in [3.05, 3.63) is 24.0 Å². The van der Waals surface area contributed by atoms with Gasteiger partial charge in [-0.2, -0.15) is 0 Å². The third-order valence-corrected chi connectivity index (χ3v) is 2.94. The molecule has 5 nitrogen and oxygen atoms in total. The number of nitrogens with one attached hydrogen (secondary N) is 1. The van der Waals surface area contributed by atoms with Crippen LogP contribution in [0.5, 0.6) is 0 Å². The molecule has 1 aromatic rings. The van der Waals surface area contributed by atoms with Crippen molar-refractivity contribution in [3.8, 4) is 0 Å². The topological polar surface area (TPSA) is 79.3 Å². The molecule has 1 rings (SSSR count). The second-order valence-electron chi connectivity index (χ2n) is 5.31. The van der Waals surface area contributed by atoms with Crippen LogP contribution in [0.15, 0.2) is 18.3 Å². The molecule has 1 heterocycles. The summed E-state index contributed by atoms with van der Waals surface area (Å²) in [6, 6.07) is 2.91. The fourth-order valence-corrected chi connectivity index (χ4v) is 1.27. The molecular weight excluding hydrogens is 232 g/mol. The van der Waals surface area contributed by atoms with Gasteiger partial charge in [-0.1, -0.05) is 27.7 Å². The predicted molar refractivity (Wildman–Crippen MR) is 68.4 cm³/mol. The molecule has 1 aromatic heterocycles. The zero-order valence-electron chi connectivity index (χ0n) is 11.0. The minimum absolute atomic E-state index is 0.0868. The molecule has 18 heavy (non-hydrogen) atoms. The molecule has 0 aliphatic heterocycles. The van der Waals surface area contributed by atoms with E-state index in [1.165, 1.54) is 12.3 Å². The number of hydrogen-bond acceptors (Lipinski definition) is 3. The molecular formula is C13H18N2O3. The number of nitrogens with zero attached hydrogens (tertiary/aromatic N) is 1. The SMILES string of the molecule is CC(C(=O)Nc1ccnc(C(=O)O)c1)C(C)(C)C. The lowest BCUT2D eigenvalue weighted by molar-refractivity contribution is -0.122. The van der Waals surface area contributed by atoms with Crippen LogP contribution >= 0.6 is 0 Å². The summed E-state index contributed by atoms with van der Waals surface area (Å²) in [6.45, 7) is 7.78. The average molecular weight is 250 g/mol. The molecule has 0 aliphatic rings. The summed E-state index contributed by atoms with van der Waals surface area (Å²) in [6.07, 6.45) is 1.36. The van der Waals surface area contributed by atoms with E-state index in [-0.39, 0.29) is 22.9 Å². The number of carboxylic acids is 1. The van der Waals surface area contributed by atoms with Gasteiger partial charge in [0.05, 0.1) is 0 Å². The van der Waals surface area contributed by atoms with Gasteiger partial charge in [0.1, 0.15) is 5.69 Å². The van der Waals surface area contributed by atoms with E-state index >= 15 is 0 Å². The number of amides is 1. The van der Waals surface area contributed by atoms with E-state index < -0.39 is 5.97 Å². The lowest BCUT2D eigenvalue weighted by Gasteiger charge is -2.26. The fraction of sp³-hybridized carbons (Fsp3) is 0.462. The summed E-state index contributed by atoms with van der Waals surface area (Å²) >= 11 is 0. The van der Waals surface area contributed by atoms with Gasteiger partial charge in [0.25, 0.3) is 0 Å². The van der Waals surface area contributed by atoms with Crippen LogP contribution in [0.2, 0.25) is 0 Å². The first kappa shape index (κ1) is 14.2. The van der Waals surface area contributed by atoms with Gasteiger partial charge in [-0.25, -0.2) is 9.78 Å². The highest BCUT2D eigenvalue weighted by atomic mass is 16.4. The maximum absolute atomic E-state index is 12.0. The highest BCUT2D eigenvalue weighted by Gasteiger charge is 2.26. The van der Waals surface area contributed by atoms with Crippen molar-refractivity contribution in [3.63, 3.8) is 0 Å². The molecule has 1 unspecified atom stereocenters. The van der Waals surface area contributed by atoms with Crippen molar-refractivity contribution in [2.75, 3.05) is 5.32 Å². The fourth-order valence-electron chi connectivity index (χ4n) is 1.27. The third kappa shape index (κ3) is 3.55. The smallest absolute Gasteiger partial charge is 0.354 e. The summed E-state index contributed by atoms with van der Waals surface area (Å²) in [5, 5.41) is 11.5. The number of pyridine rings is 1. The van der Waals surface area contributed by atoms with Gasteiger partial charge in [-0.05, 0) is 17.5 Å². The Hall–Kier alpha value is -1.91. The van der Waals surface area contributed by atoms with Crippen molar-refractivity contribution in [2.45, 2.75) is 27.7 Å². The van der Waals surface area contributed by atoms with Crippen LogP contribution in [-0.2, 0) is 4.79 Å². The normalized spacial score (nSPS) is 12.9. The lowest BCUT2D eigenvalue weighted by atomic mass is 9.81. The van der Waals surface area contributed by atoms with Crippen LogP contribution < -0.4 is 5.32 Å². The number of hydrogen-bond donors (Lipinski definition) is 2. The van der Waals surface area contributed by atoms with Crippen LogP contribution in [0.4, 0.5) is 5.69 Å². The highest BCUT2D eigenvalue weighted by Crippen LogP contribution is 2.26. The van der Waals surface area contributed by atoms with Crippen LogP contribution in [0.3, 0.4) is 0 Å². The molecule has 98 valence electrons. The minimum Gasteiger partial charge on any atom is -0.477 e. The van der Waals surface area contributed by atoms with E-state index in [4.69, 9.17) is 5.11 Å². The van der Waals surface area contributed by atoms with Crippen molar-refractivity contribution in [1.29, 1.82) is 0 Å². The zero-order valence-corrected chi connectivity index (χ0v) is 11.0. The zero-order chi connectivity index (χ0) is 13.9. The Kier molecular flexibility index (Phi) is 4.06. The maximum atomic E-state index is 12.0. The second kappa shape index (κ2) is 5.16. The Morgan fingerprint density at radius 2 is 2.00 bits per heavy atom. The van der Waals surface area contributed by atoms with E-state index in [0.29, 0.717) is 5.69 Å². The molecule has 2 N–H and O–H groups in total. The van der Waals surface area contributed by atoms with Crippen LogP contribution in [0.1, 0.15) is 38.2 Å². The summed E-state index contributed by atoms with van der Waals surface area (Å²) in [5.41, 5.74) is 0.215. The van der Waals surface area contributed by atoms with Gasteiger partial charge in [0, 0.05) is 17.8 Å². The molecule has 0 aliphatic carbocycles. The van der Waals surface area contributed by atoms with Gasteiger partial charge >= 0.3 is 5.97 Å². The molecule has 0 saturated carbocycles. The Balaban J connectivity index is 2.82. The molecule has 5 heteroatoms. The first-order valence-electron chi connectivity index (χ1n) is 5.72. The van der Waals surface area contributed by atoms with Crippen molar-refractivity contribution >= 4 is 17.6 Å². The molecule has 1 amide bonds. The van der Waals surface area contributed by atoms with Crippen LogP contribution in [0.25, 0.3) is 0 Å². The Morgan fingerprint density at radius 3 is 2.50 bits per heavy atom. The van der Waals surface area contributed by atoms with Gasteiger partial charge in [-0.15, -0.1) is 0 Å². The summed E-state index contributed by atoms with van der Waals surface area (Å²) in [5.74, 6) is -1.43. The Bertz CT molecular complexity index is 464. The molecule has 0 spiro atoms. The molecule has 0 aromatic carbocycles. The lowest BCUT2D eigenvalue weighted by Crippen LogP contribution is -2.30. The maximum Gasteiger partial charge on any atom is 0.354 e. The van der Waals surface area contributed by atoms with E-state index in [1.807, 2.05) is 27.7 Å². The molecule has 0 saturated heterocycles. The van der Waals surface area contributed by atoms with Gasteiger partial charge in [0.2, 0.25) is 5.91 Å². The second-order valence-corrected chi connectivity index (χ2v) is 5.31. The monoisotopic (exact) mass is 250 g/mol. The Labute approximate surface area is 106 Å². The number of carbonyl (C=O) groups is 2. The molecule has 0 fully saturated rings. The van der Waals surface area contributed by atoms with Gasteiger partial charge < -0.3 is 10.4 Å². The standard InChI is InChI=1S/C13H18N2O3/c1-8(13(2,3)4)11(16)15-9-5-6-14-10(7-9)12(17)18/h5-8H,1-4H3,(H,17,18)(H,14,15,16). The van der Waals surface area contributed by atoms with Crippen molar-refractivity contribution in [1.82, 2.24) is 4.98 Å². The van der Waals surface area contributed by atoms with Crippen LogP contribution in [-0.4, -0.2) is 22.0 Å². The Morgan fingerprint density at radius 1 is 1.39 bits per heavy atom. The summed E-state index contributed by atoms with van der Waals surface area (Å²) < 4.78 is 0. The first-order chi connectivity index (χ1) is 8.21. The summed E-state index contributed by atoms with van der Waals surface area (Å²) in [7, 11) is 0. The number of aromatic nitrogens is 1. The number of rotatable bonds is 3. The van der Waals surface area contributed by atoms with Crippen LogP contribution in [0, 0.1) is 11.3 Å². The van der Waals surface area contributed by atoms with E-state index in [2.05, 4.69) is 10.3 Å². The van der Waals surface area contributed by atoms with Gasteiger partial charge in [-0.3, -0.25) is 4.79 Å². The molecule has 1 atom stereocenters. The van der Waals surface area contributed by atoms with Gasteiger partial charge in [0.15, 0.2) is 0 Å². The summed E-state index contributed by atoms with van der Waals surface area (Å²) in [4.78, 5) is 26.4. The van der Waals surface area contributed by atoms with Crippen molar-refractivity contribution < 1.29 is 14.7 Å². The molecule has 0 bridgehead atoms. The quantitative estimate of drug-likeness (QED) is 0.863. The number of aromatic carboxylic acids is 1. The van der Waals surface area contributed by atoms with Crippen molar-refractivity contribution in [2.24, 2.45) is 11.3 Å². The van der Waals surface area contributed by atoms with E-state index in [1.54, 1.807) is 6.07 Å². The number of carbonyl (C=O) groups excluding carboxylic acids is 1. The minimum atomic E-state index is -1.12. The molecule has 0 radical (unpaired) electrons. The van der Waals surface area contributed by atoms with E-state index in [0.717, 1.165) is 0 Å². The average Bonchev–Trinajstić information content (AvgIpc) is 2.27. The number of anilines is 1. The number of carboxylic acid groups (broad SMARTS) is 1. The first-order valence-corrected chi connectivity index (χ1v) is 5.72. The predicted octanol–water partition coefficient (Wildman–Crippen LogP) is 2.40. The van der Waals surface area contributed by atoms with E-state index in [9.17, 15) is 9.59 Å². The third-order valence-electron chi connectivity index (χ3n) is 2.94. The largest absolute Gasteiger partial charge is 0.477 e. The highest BCUT2D eigenvalue weighted by molar-refractivity contribution is 5.94.